The van der Waals surface area contributed by atoms with Crippen LogP contribution in [0.4, 0.5) is 13.2 Å². The number of nitrogens with zero attached hydrogens (tertiary/aromatic N) is 3. The molecule has 0 fully saturated rings. The van der Waals surface area contributed by atoms with Crippen LogP contribution in [0.15, 0.2) is 60.1 Å². The van der Waals surface area contributed by atoms with Crippen molar-refractivity contribution >= 4 is 31.4 Å². The molecule has 0 unspecified atom stereocenters. The minimum atomic E-state index is -4.78. The highest BCUT2D eigenvalue weighted by molar-refractivity contribution is 7.88. The van der Waals surface area contributed by atoms with E-state index in [0.29, 0.717) is 22.6 Å². The van der Waals surface area contributed by atoms with E-state index in [1.165, 1.54) is 43.2 Å². The maximum Gasteiger partial charge on any atom is 0.420 e. The quantitative estimate of drug-likeness (QED) is 0.122. The molecular formula is C39H44F3N3O7S2. The van der Waals surface area contributed by atoms with Crippen LogP contribution in [0.3, 0.4) is 0 Å². The molecule has 0 spiro atoms. The molecule has 10 nitrogen and oxygen atoms in total. The minimum Gasteiger partial charge on any atom is -0.497 e. The molecule has 0 amide bonds. The third-order valence-electron chi connectivity index (χ3n) is 8.06. The van der Waals surface area contributed by atoms with Crippen LogP contribution < -0.4 is 23.7 Å². The normalized spacial score (nSPS) is 12.6. The summed E-state index contributed by atoms with van der Waals surface area (Å²) in [5.41, 5.74) is 0.0308. The van der Waals surface area contributed by atoms with Crippen LogP contribution in [0, 0.1) is 0 Å². The molecule has 0 aliphatic carbocycles. The Morgan fingerprint density at radius 2 is 1.46 bits per heavy atom. The number of rotatable bonds is 12. The zero-order valence-electron chi connectivity index (χ0n) is 31.8. The van der Waals surface area contributed by atoms with Gasteiger partial charge in [0.05, 0.1) is 38.7 Å². The van der Waals surface area contributed by atoms with Gasteiger partial charge in [0.15, 0.2) is 0 Å². The number of benzene rings is 3. The molecule has 0 N–H and O–H groups in total. The summed E-state index contributed by atoms with van der Waals surface area (Å²) in [6.07, 6.45) is -2.24. The summed E-state index contributed by atoms with van der Waals surface area (Å²) in [6, 6.07) is 13.0. The molecule has 0 bridgehead atoms. The first kappa shape index (κ1) is 40.6. The van der Waals surface area contributed by atoms with Crippen molar-refractivity contribution in [3.8, 4) is 51.4 Å². The second kappa shape index (κ2) is 15.3. The smallest absolute Gasteiger partial charge is 0.420 e. The van der Waals surface area contributed by atoms with E-state index in [9.17, 15) is 21.6 Å². The average Bonchev–Trinajstić information content (AvgIpc) is 3.47. The molecule has 0 aliphatic rings. The molecule has 3 aromatic carbocycles. The van der Waals surface area contributed by atoms with Crippen LogP contribution in [-0.2, 0) is 29.3 Å². The second-order valence-corrected chi connectivity index (χ2v) is 17.5. The topological polar surface area (TPSA) is 109 Å². The van der Waals surface area contributed by atoms with Gasteiger partial charge in [0.25, 0.3) is 0 Å². The van der Waals surface area contributed by atoms with Crippen LogP contribution >= 0.6 is 11.3 Å². The van der Waals surface area contributed by atoms with Gasteiger partial charge in [-0.25, -0.2) is 13.4 Å². The molecular weight excluding hydrogens is 744 g/mol. The Balaban J connectivity index is 1.60. The van der Waals surface area contributed by atoms with E-state index in [-0.39, 0.29) is 47.4 Å². The Kier molecular flexibility index (Phi) is 11.5. The molecule has 5 aromatic rings. The highest BCUT2D eigenvalue weighted by Gasteiger charge is 2.37. The van der Waals surface area contributed by atoms with Crippen LogP contribution in [0.5, 0.6) is 29.1 Å². The molecule has 2 aromatic heterocycles. The summed E-state index contributed by atoms with van der Waals surface area (Å²) in [6.45, 7) is 11.0. The predicted molar refractivity (Wildman–Crippen MR) is 204 cm³/mol. The number of ether oxygens (including phenoxy) is 5. The number of thiophene rings is 1. The number of hydrogen-bond acceptors (Lipinski definition) is 10. The first-order valence-electron chi connectivity index (χ1n) is 16.8. The van der Waals surface area contributed by atoms with E-state index in [1.807, 2.05) is 26.2 Å². The van der Waals surface area contributed by atoms with Crippen molar-refractivity contribution in [2.75, 3.05) is 27.6 Å². The van der Waals surface area contributed by atoms with E-state index in [2.05, 4.69) is 9.97 Å². The van der Waals surface area contributed by atoms with Crippen molar-refractivity contribution in [3.05, 3.63) is 76.8 Å². The van der Waals surface area contributed by atoms with Gasteiger partial charge in [0, 0.05) is 41.2 Å². The van der Waals surface area contributed by atoms with Gasteiger partial charge in [-0.2, -0.15) is 22.5 Å². The number of halogens is 3. The van der Waals surface area contributed by atoms with Crippen molar-refractivity contribution < 1.29 is 45.3 Å². The van der Waals surface area contributed by atoms with Gasteiger partial charge in [0.2, 0.25) is 15.9 Å². The lowest BCUT2D eigenvalue weighted by Gasteiger charge is -2.25. The number of hydrogen-bond donors (Lipinski definition) is 0. The Morgan fingerprint density at radius 3 is 2.06 bits per heavy atom. The maximum atomic E-state index is 14.7. The highest BCUT2D eigenvalue weighted by Crippen LogP contribution is 2.47. The van der Waals surface area contributed by atoms with E-state index in [4.69, 9.17) is 23.7 Å². The number of methoxy groups -OCH3 is 3. The third kappa shape index (κ3) is 9.54. The van der Waals surface area contributed by atoms with Gasteiger partial charge in [-0.1, -0.05) is 18.2 Å². The summed E-state index contributed by atoms with van der Waals surface area (Å²) < 4.78 is 100. The number of fused-ring (bicyclic) bond motifs is 1. The van der Waals surface area contributed by atoms with E-state index < -0.39 is 33.0 Å². The van der Waals surface area contributed by atoms with Crippen LogP contribution in [-0.4, -0.2) is 61.5 Å². The highest BCUT2D eigenvalue weighted by atomic mass is 32.2. The standard InChI is InChI=1S/C39H44F3N3O7S2/c1-37(2,3)51-35-30(19-43-36(44-35)52-38(4,5)6)25-15-29(34(50-9)31(16-25)39(40,41)42)23-12-14-28-26(22-53-33(28)17-23)21-45(54(10,46)47)20-24-11-13-27(48-7)18-32(24)49-8/h11-19,22H,20-21H2,1-10H3. The van der Waals surface area contributed by atoms with Gasteiger partial charge >= 0.3 is 12.2 Å². The van der Waals surface area contributed by atoms with E-state index in [0.717, 1.165) is 28.0 Å². The molecule has 0 aliphatic heterocycles. The summed E-state index contributed by atoms with van der Waals surface area (Å²) in [4.78, 5) is 8.77. The first-order chi connectivity index (χ1) is 25.1. The fourth-order valence-electron chi connectivity index (χ4n) is 5.70. The van der Waals surface area contributed by atoms with Gasteiger partial charge in [-0.05, 0) is 93.3 Å². The molecule has 0 radical (unpaired) electrons. The summed E-state index contributed by atoms with van der Waals surface area (Å²) in [7, 11) is 0.542. The fourth-order valence-corrected chi connectivity index (χ4v) is 7.43. The van der Waals surface area contributed by atoms with Crippen molar-refractivity contribution in [2.24, 2.45) is 0 Å². The monoisotopic (exact) mass is 787 g/mol. The Bertz CT molecular complexity index is 2260. The van der Waals surface area contributed by atoms with Crippen molar-refractivity contribution in [2.45, 2.75) is 72.0 Å². The molecule has 2 heterocycles. The second-order valence-electron chi connectivity index (χ2n) is 14.6. The predicted octanol–water partition coefficient (Wildman–Crippen LogP) is 9.39. The van der Waals surface area contributed by atoms with Crippen molar-refractivity contribution in [3.63, 3.8) is 0 Å². The van der Waals surface area contributed by atoms with Crippen LogP contribution in [0.2, 0.25) is 0 Å². The zero-order valence-corrected chi connectivity index (χ0v) is 33.5. The van der Waals surface area contributed by atoms with Crippen LogP contribution in [0.25, 0.3) is 32.3 Å². The summed E-state index contributed by atoms with van der Waals surface area (Å²) in [5, 5.41) is 2.61. The molecule has 15 heteroatoms. The summed E-state index contributed by atoms with van der Waals surface area (Å²) >= 11 is 1.35. The maximum absolute atomic E-state index is 14.7. The summed E-state index contributed by atoms with van der Waals surface area (Å²) in [5.74, 6) is 0.754. The molecule has 54 heavy (non-hydrogen) atoms. The molecule has 0 saturated carbocycles. The SMILES string of the molecule is COc1ccc(CN(Cc2csc3cc(-c4cc(-c5cnc(OC(C)(C)C)nc5OC(C)(C)C)cc(C(F)(F)F)c4OC)ccc23)S(C)(=O)=O)c(OC)c1. The zero-order chi connectivity index (χ0) is 39.8. The van der Waals surface area contributed by atoms with Crippen LogP contribution in [0.1, 0.15) is 58.2 Å². The Labute approximate surface area is 317 Å². The lowest BCUT2D eigenvalue weighted by molar-refractivity contribution is -0.138. The minimum absolute atomic E-state index is 0.0202. The first-order valence-corrected chi connectivity index (χ1v) is 19.5. The van der Waals surface area contributed by atoms with Gasteiger partial charge in [0.1, 0.15) is 28.5 Å². The van der Waals surface area contributed by atoms with Gasteiger partial charge < -0.3 is 23.7 Å². The molecule has 5 rings (SSSR count). The molecule has 0 saturated heterocycles. The molecule has 290 valence electrons. The van der Waals surface area contributed by atoms with Crippen molar-refractivity contribution in [1.82, 2.24) is 14.3 Å². The lowest BCUT2D eigenvalue weighted by Crippen LogP contribution is -2.29. The van der Waals surface area contributed by atoms with Gasteiger partial charge in [-0.15, -0.1) is 11.3 Å². The largest absolute Gasteiger partial charge is 0.497 e. The van der Waals surface area contributed by atoms with Gasteiger partial charge in [-0.3, -0.25) is 0 Å². The lowest BCUT2D eigenvalue weighted by atomic mass is 9.94. The van der Waals surface area contributed by atoms with E-state index in [1.54, 1.807) is 63.2 Å². The van der Waals surface area contributed by atoms with E-state index >= 15 is 0 Å². The third-order valence-corrected chi connectivity index (χ3v) is 10.3. The Morgan fingerprint density at radius 1 is 0.778 bits per heavy atom. The average molecular weight is 788 g/mol. The number of aromatic nitrogens is 2. The fraction of sp³-hybridized carbons (Fsp3) is 0.385. The number of alkyl halides is 3. The molecule has 0 atom stereocenters. The van der Waals surface area contributed by atoms with Crippen molar-refractivity contribution in [1.29, 1.82) is 0 Å². The Hall–Kier alpha value is -4.60. The number of sulfonamides is 1.